The number of hydrogen-bond acceptors (Lipinski definition) is 6. The summed E-state index contributed by atoms with van der Waals surface area (Å²) in [6, 6.07) is 6.95. The molecule has 0 radical (unpaired) electrons. The van der Waals surface area contributed by atoms with E-state index in [9.17, 15) is 14.7 Å². The standard InChI is InChI=1S/C21H22N2O4/c1-21(2)17(25)11-16(24)19-18(22-14-9-5-6-10-15(14)23-19)12-7-3-4-8-13(12)20(26)27-21/h3-4,7-8,17,25H,5-6,9-11H2,1-2H3. The van der Waals surface area contributed by atoms with Gasteiger partial charge in [-0.3, -0.25) is 4.79 Å². The van der Waals surface area contributed by atoms with E-state index in [1.165, 1.54) is 0 Å². The van der Waals surface area contributed by atoms with Gasteiger partial charge in [-0.25, -0.2) is 14.8 Å². The average Bonchev–Trinajstić information content (AvgIpc) is 2.65. The van der Waals surface area contributed by atoms with Gasteiger partial charge in [0.05, 0.1) is 17.0 Å². The Hall–Kier alpha value is -2.60. The quantitative estimate of drug-likeness (QED) is 0.721. The van der Waals surface area contributed by atoms with Crippen LogP contribution in [0.4, 0.5) is 0 Å². The van der Waals surface area contributed by atoms with Crippen molar-refractivity contribution in [3.05, 3.63) is 46.9 Å². The van der Waals surface area contributed by atoms with Crippen LogP contribution < -0.4 is 0 Å². The summed E-state index contributed by atoms with van der Waals surface area (Å²) in [4.78, 5) is 35.2. The number of aromatic nitrogens is 2. The third-order valence-corrected chi connectivity index (χ3v) is 5.33. The maximum Gasteiger partial charge on any atom is 0.339 e. The fraction of sp³-hybridized carbons (Fsp3) is 0.429. The molecule has 0 saturated heterocycles. The fourth-order valence-electron chi connectivity index (χ4n) is 3.62. The third-order valence-electron chi connectivity index (χ3n) is 5.33. The average molecular weight is 366 g/mol. The van der Waals surface area contributed by atoms with E-state index in [1.807, 2.05) is 0 Å². The summed E-state index contributed by atoms with van der Waals surface area (Å²) in [5.74, 6) is -0.839. The van der Waals surface area contributed by atoms with E-state index in [4.69, 9.17) is 9.72 Å². The Kier molecular flexibility index (Phi) is 4.30. The monoisotopic (exact) mass is 366 g/mol. The number of rotatable bonds is 0. The molecule has 0 bridgehead atoms. The first-order valence-electron chi connectivity index (χ1n) is 9.30. The van der Waals surface area contributed by atoms with Gasteiger partial charge in [-0.1, -0.05) is 18.2 Å². The Balaban J connectivity index is 1.97. The SMILES string of the molecule is CC1(C)OC(=O)c2ccccc2-c2nc3c(nc2C(=O)CC1O)CCCC3. The zero-order valence-electron chi connectivity index (χ0n) is 15.5. The largest absolute Gasteiger partial charge is 0.453 e. The zero-order chi connectivity index (χ0) is 19.2. The van der Waals surface area contributed by atoms with Crippen molar-refractivity contribution >= 4 is 11.8 Å². The highest BCUT2D eigenvalue weighted by molar-refractivity contribution is 6.04. The van der Waals surface area contributed by atoms with E-state index < -0.39 is 17.7 Å². The van der Waals surface area contributed by atoms with Gasteiger partial charge in [0, 0.05) is 12.0 Å². The number of esters is 1. The normalized spacial score (nSPS) is 21.5. The summed E-state index contributed by atoms with van der Waals surface area (Å²) in [5.41, 5.74) is 2.03. The molecule has 1 N–H and O–H groups in total. The molecule has 0 saturated carbocycles. The number of aliphatic hydroxyl groups excluding tert-OH is 1. The number of nitrogens with zero attached hydrogens (tertiary/aromatic N) is 2. The minimum Gasteiger partial charge on any atom is -0.453 e. The molecule has 1 aliphatic carbocycles. The first-order valence-corrected chi connectivity index (χ1v) is 9.30. The second kappa shape index (κ2) is 6.53. The van der Waals surface area contributed by atoms with Gasteiger partial charge in [0.25, 0.3) is 0 Å². The highest BCUT2D eigenvalue weighted by Gasteiger charge is 2.37. The summed E-state index contributed by atoms with van der Waals surface area (Å²) >= 11 is 0. The molecule has 6 nitrogen and oxygen atoms in total. The lowest BCUT2D eigenvalue weighted by atomic mass is 9.91. The number of cyclic esters (lactones) is 1. The molecular formula is C21H22N2O4. The van der Waals surface area contributed by atoms with E-state index >= 15 is 0 Å². The highest BCUT2D eigenvalue weighted by atomic mass is 16.6. The van der Waals surface area contributed by atoms with Crippen LogP contribution in [0.3, 0.4) is 0 Å². The number of ether oxygens (including phenoxy) is 1. The minimum absolute atomic E-state index is 0.178. The Morgan fingerprint density at radius 2 is 1.59 bits per heavy atom. The summed E-state index contributed by atoms with van der Waals surface area (Å²) in [7, 11) is 0. The molecule has 2 aliphatic rings. The predicted molar refractivity (Wildman–Crippen MR) is 98.6 cm³/mol. The Bertz CT molecular complexity index is 936. The van der Waals surface area contributed by atoms with Crippen molar-refractivity contribution in [2.45, 2.75) is 57.7 Å². The molecule has 140 valence electrons. The molecule has 2 heterocycles. The van der Waals surface area contributed by atoms with Crippen molar-refractivity contribution in [1.29, 1.82) is 0 Å². The number of aliphatic hydroxyl groups is 1. The topological polar surface area (TPSA) is 89.4 Å². The molecule has 1 aromatic heterocycles. The Morgan fingerprint density at radius 1 is 1.00 bits per heavy atom. The number of Topliss-reactive ketones (excluding diaryl/α,β-unsaturated/α-hetero) is 1. The molecule has 2 aromatic rings. The fourth-order valence-corrected chi connectivity index (χ4v) is 3.62. The van der Waals surface area contributed by atoms with Crippen LogP contribution in [-0.2, 0) is 17.6 Å². The number of aryl methyl sites for hydroxylation is 2. The lowest BCUT2D eigenvalue weighted by molar-refractivity contribution is -0.0682. The van der Waals surface area contributed by atoms with Gasteiger partial charge < -0.3 is 9.84 Å². The third kappa shape index (κ3) is 3.14. The Labute approximate surface area is 157 Å². The van der Waals surface area contributed by atoms with Crippen molar-refractivity contribution in [2.75, 3.05) is 0 Å². The predicted octanol–water partition coefficient (Wildman–Crippen LogP) is 2.91. The highest BCUT2D eigenvalue weighted by Crippen LogP contribution is 2.32. The number of carbonyl (C=O) groups is 2. The lowest BCUT2D eigenvalue weighted by Crippen LogP contribution is -2.42. The molecule has 1 aromatic carbocycles. The van der Waals surface area contributed by atoms with Crippen molar-refractivity contribution in [3.63, 3.8) is 0 Å². The molecule has 6 heteroatoms. The number of hydrogen-bond donors (Lipinski definition) is 1. The van der Waals surface area contributed by atoms with Crippen LogP contribution in [-0.4, -0.2) is 38.5 Å². The molecule has 0 fully saturated rings. The second-order valence-corrected chi connectivity index (χ2v) is 7.70. The Morgan fingerprint density at radius 3 is 2.26 bits per heavy atom. The first kappa shape index (κ1) is 17.8. The first-order chi connectivity index (χ1) is 12.9. The minimum atomic E-state index is -1.20. The van der Waals surface area contributed by atoms with Crippen LogP contribution in [0.15, 0.2) is 24.3 Å². The summed E-state index contributed by atoms with van der Waals surface area (Å²) in [6.07, 6.45) is 2.35. The van der Waals surface area contributed by atoms with Crippen LogP contribution in [0.5, 0.6) is 0 Å². The number of carbonyl (C=O) groups excluding carboxylic acids is 2. The van der Waals surface area contributed by atoms with Crippen LogP contribution in [0.2, 0.25) is 0 Å². The lowest BCUT2D eigenvalue weighted by Gasteiger charge is -2.31. The van der Waals surface area contributed by atoms with Crippen LogP contribution in [0, 0.1) is 0 Å². The number of benzene rings is 1. The smallest absolute Gasteiger partial charge is 0.339 e. The van der Waals surface area contributed by atoms with Crippen LogP contribution in [0.25, 0.3) is 11.3 Å². The summed E-state index contributed by atoms with van der Waals surface area (Å²) in [6.45, 7) is 3.21. The van der Waals surface area contributed by atoms with Gasteiger partial charge in [0.2, 0.25) is 0 Å². The zero-order valence-corrected chi connectivity index (χ0v) is 15.5. The van der Waals surface area contributed by atoms with Gasteiger partial charge in [-0.15, -0.1) is 0 Å². The van der Waals surface area contributed by atoms with E-state index in [0.29, 0.717) is 16.8 Å². The van der Waals surface area contributed by atoms with Crippen LogP contribution >= 0.6 is 0 Å². The molecule has 1 unspecified atom stereocenters. The van der Waals surface area contributed by atoms with Gasteiger partial charge in [0.1, 0.15) is 23.1 Å². The van der Waals surface area contributed by atoms with E-state index in [1.54, 1.807) is 38.1 Å². The molecule has 1 aliphatic heterocycles. The van der Waals surface area contributed by atoms with Crippen LogP contribution in [0.1, 0.15) is 65.3 Å². The summed E-state index contributed by atoms with van der Waals surface area (Å²) < 4.78 is 5.54. The molecule has 4 rings (SSSR count). The van der Waals surface area contributed by atoms with E-state index in [-0.39, 0.29) is 17.9 Å². The van der Waals surface area contributed by atoms with Gasteiger partial charge in [0.15, 0.2) is 5.78 Å². The molecule has 1 atom stereocenters. The maximum absolute atomic E-state index is 13.0. The number of fused-ring (bicyclic) bond motifs is 4. The van der Waals surface area contributed by atoms with Gasteiger partial charge >= 0.3 is 5.97 Å². The number of ketones is 1. The van der Waals surface area contributed by atoms with E-state index in [2.05, 4.69) is 4.98 Å². The van der Waals surface area contributed by atoms with Gasteiger partial charge in [-0.05, 0) is 45.6 Å². The van der Waals surface area contributed by atoms with Crippen molar-refractivity contribution in [2.24, 2.45) is 0 Å². The van der Waals surface area contributed by atoms with Crippen molar-refractivity contribution < 1.29 is 19.4 Å². The van der Waals surface area contributed by atoms with E-state index in [0.717, 1.165) is 37.1 Å². The van der Waals surface area contributed by atoms with Crippen molar-refractivity contribution in [1.82, 2.24) is 9.97 Å². The summed E-state index contributed by atoms with van der Waals surface area (Å²) in [5, 5.41) is 10.5. The van der Waals surface area contributed by atoms with Crippen molar-refractivity contribution in [3.8, 4) is 11.3 Å². The maximum atomic E-state index is 13.0. The van der Waals surface area contributed by atoms with Gasteiger partial charge in [-0.2, -0.15) is 0 Å². The molecule has 27 heavy (non-hydrogen) atoms. The molecule has 0 spiro atoms. The second-order valence-electron chi connectivity index (χ2n) is 7.70. The molecular weight excluding hydrogens is 344 g/mol. The molecule has 0 amide bonds.